The van der Waals surface area contributed by atoms with Crippen molar-refractivity contribution in [1.82, 2.24) is 14.5 Å². The smallest absolute Gasteiger partial charge is 0.164 e. The molecule has 8 heteroatoms. The third-order valence-electron chi connectivity index (χ3n) is 4.50. The van der Waals surface area contributed by atoms with Gasteiger partial charge in [-0.1, -0.05) is 6.08 Å². The molecule has 128 valence electrons. The van der Waals surface area contributed by atoms with E-state index in [9.17, 15) is 0 Å². The van der Waals surface area contributed by atoms with Gasteiger partial charge in [-0.05, 0) is 6.42 Å². The minimum Gasteiger partial charge on any atom is -0.378 e. The Bertz CT molecular complexity index is 778. The maximum atomic E-state index is 5.62. The topological polar surface area (TPSA) is 90.5 Å². The minimum absolute atomic E-state index is 0.589. The number of hydrogen-bond acceptors (Lipinski definition) is 7. The second-order valence-corrected chi connectivity index (χ2v) is 6.01. The molecule has 0 spiro atoms. The summed E-state index contributed by atoms with van der Waals surface area (Å²) in [4.78, 5) is 11.8. The van der Waals surface area contributed by atoms with E-state index in [-0.39, 0.29) is 0 Å². The summed E-state index contributed by atoms with van der Waals surface area (Å²) in [6.45, 7) is 4.46. The number of anilines is 2. The number of aromatic nitrogens is 3. The molecular formula is C16H22N6O2. The van der Waals surface area contributed by atoms with E-state index >= 15 is 0 Å². The molecule has 0 aliphatic carbocycles. The molecular weight excluding hydrogens is 308 g/mol. The molecule has 0 saturated carbocycles. The average molecular weight is 330 g/mol. The number of morpholine rings is 1. The molecule has 2 aliphatic heterocycles. The Morgan fingerprint density at radius 1 is 1.17 bits per heavy atom. The first-order valence-corrected chi connectivity index (χ1v) is 8.22. The molecule has 2 aromatic heterocycles. The maximum absolute atomic E-state index is 5.62. The van der Waals surface area contributed by atoms with Crippen LogP contribution < -0.4 is 16.2 Å². The van der Waals surface area contributed by atoms with Crippen LogP contribution in [0.1, 0.15) is 12.2 Å². The quantitative estimate of drug-likeness (QED) is 0.638. The number of nitrogen functional groups attached to an aromatic ring is 1. The fourth-order valence-corrected chi connectivity index (χ4v) is 3.25. The Morgan fingerprint density at radius 3 is 2.71 bits per heavy atom. The Morgan fingerprint density at radius 2 is 2.00 bits per heavy atom. The number of fused-ring (bicyclic) bond motifs is 1. The number of imidazole rings is 1. The predicted molar refractivity (Wildman–Crippen MR) is 92.8 cm³/mol. The molecule has 4 heterocycles. The van der Waals surface area contributed by atoms with Gasteiger partial charge < -0.3 is 24.4 Å². The summed E-state index contributed by atoms with van der Waals surface area (Å²) in [6, 6.07) is 1.95. The average Bonchev–Trinajstić information content (AvgIpc) is 2.99. The Balaban J connectivity index is 1.86. The zero-order chi connectivity index (χ0) is 16.5. The van der Waals surface area contributed by atoms with Crippen molar-refractivity contribution >= 4 is 28.2 Å². The minimum atomic E-state index is 0.589. The zero-order valence-electron chi connectivity index (χ0n) is 13.8. The lowest BCUT2D eigenvalue weighted by Gasteiger charge is -2.29. The van der Waals surface area contributed by atoms with Crippen molar-refractivity contribution in [2.45, 2.75) is 6.42 Å². The highest BCUT2D eigenvalue weighted by atomic mass is 16.5. The van der Waals surface area contributed by atoms with E-state index in [0.717, 1.165) is 54.4 Å². The molecule has 4 rings (SSSR count). The van der Waals surface area contributed by atoms with Crippen molar-refractivity contribution in [3.63, 3.8) is 0 Å². The lowest BCUT2D eigenvalue weighted by atomic mass is 10.2. The molecule has 2 aromatic rings. The summed E-state index contributed by atoms with van der Waals surface area (Å²) in [5.74, 6) is 7.16. The van der Waals surface area contributed by atoms with Gasteiger partial charge in [-0.15, -0.1) is 0 Å². The van der Waals surface area contributed by atoms with Crippen LogP contribution in [0.4, 0.5) is 11.5 Å². The second kappa shape index (κ2) is 6.39. The van der Waals surface area contributed by atoms with Crippen molar-refractivity contribution in [2.75, 3.05) is 49.8 Å². The van der Waals surface area contributed by atoms with Crippen LogP contribution >= 0.6 is 0 Å². The van der Waals surface area contributed by atoms with E-state index in [0.29, 0.717) is 25.6 Å². The first-order chi connectivity index (χ1) is 11.8. The largest absolute Gasteiger partial charge is 0.378 e. The van der Waals surface area contributed by atoms with Crippen LogP contribution in [0.2, 0.25) is 0 Å². The van der Waals surface area contributed by atoms with Crippen LogP contribution in [0.15, 0.2) is 12.1 Å². The molecule has 24 heavy (non-hydrogen) atoms. The summed E-state index contributed by atoms with van der Waals surface area (Å²) in [6.07, 6.45) is 3.11. The predicted octanol–water partition coefficient (Wildman–Crippen LogP) is 0.894. The number of rotatable bonds is 3. The van der Waals surface area contributed by atoms with Crippen LogP contribution in [0.5, 0.6) is 0 Å². The highest BCUT2D eigenvalue weighted by molar-refractivity contribution is 5.90. The van der Waals surface area contributed by atoms with Crippen LogP contribution in [-0.4, -0.2) is 54.1 Å². The van der Waals surface area contributed by atoms with Crippen molar-refractivity contribution in [3.05, 3.63) is 18.0 Å². The normalized spacial score (nSPS) is 18.8. The van der Waals surface area contributed by atoms with Gasteiger partial charge in [-0.3, -0.25) is 0 Å². The van der Waals surface area contributed by atoms with E-state index in [1.165, 1.54) is 0 Å². The van der Waals surface area contributed by atoms with Gasteiger partial charge in [0.1, 0.15) is 17.2 Å². The molecule has 0 radical (unpaired) electrons. The van der Waals surface area contributed by atoms with E-state index in [1.807, 2.05) is 17.7 Å². The summed E-state index contributed by atoms with van der Waals surface area (Å²) in [5, 5.41) is 0. The lowest BCUT2D eigenvalue weighted by Crippen LogP contribution is -2.36. The number of aryl methyl sites for hydroxylation is 1. The van der Waals surface area contributed by atoms with Gasteiger partial charge in [0.05, 0.1) is 32.1 Å². The summed E-state index contributed by atoms with van der Waals surface area (Å²) in [5.41, 5.74) is 6.51. The van der Waals surface area contributed by atoms with Crippen LogP contribution in [0.25, 0.3) is 16.7 Å². The number of ether oxygens (including phenoxy) is 2. The number of hydrazine groups is 1. The zero-order valence-corrected chi connectivity index (χ0v) is 13.8. The highest BCUT2D eigenvalue weighted by Crippen LogP contribution is 2.31. The van der Waals surface area contributed by atoms with Gasteiger partial charge in [0.15, 0.2) is 5.65 Å². The molecule has 0 atom stereocenters. The van der Waals surface area contributed by atoms with Crippen molar-refractivity contribution in [1.29, 1.82) is 0 Å². The number of nitrogens with two attached hydrogens (primary N) is 1. The number of nitrogens with zero attached hydrogens (tertiary/aromatic N) is 4. The Hall–Kier alpha value is -2.16. The van der Waals surface area contributed by atoms with Gasteiger partial charge in [-0.25, -0.2) is 15.8 Å². The summed E-state index contributed by atoms with van der Waals surface area (Å²) in [7, 11) is 1.98. The third kappa shape index (κ3) is 2.62. The second-order valence-electron chi connectivity index (χ2n) is 6.01. The third-order valence-corrected chi connectivity index (χ3v) is 4.50. The highest BCUT2D eigenvalue weighted by Gasteiger charge is 2.22. The summed E-state index contributed by atoms with van der Waals surface area (Å²) < 4.78 is 13.1. The molecule has 1 saturated heterocycles. The van der Waals surface area contributed by atoms with Gasteiger partial charge in [0.2, 0.25) is 0 Å². The molecule has 0 bridgehead atoms. The number of nitrogens with one attached hydrogen (secondary N) is 1. The number of hydrogen-bond donors (Lipinski definition) is 2. The van der Waals surface area contributed by atoms with Crippen molar-refractivity contribution in [2.24, 2.45) is 12.9 Å². The van der Waals surface area contributed by atoms with Gasteiger partial charge in [-0.2, -0.15) is 0 Å². The first-order valence-electron chi connectivity index (χ1n) is 8.22. The fraction of sp³-hybridized carbons (Fsp3) is 0.500. The SMILES string of the molecule is Cn1c(C2=CCCOC2)nc2c(N3CCOCC3)cc(NN)nc21. The molecule has 0 unspecified atom stereocenters. The fourth-order valence-electron chi connectivity index (χ4n) is 3.25. The molecule has 8 nitrogen and oxygen atoms in total. The molecule has 0 aromatic carbocycles. The van der Waals surface area contributed by atoms with Crippen molar-refractivity contribution < 1.29 is 9.47 Å². The van der Waals surface area contributed by atoms with Crippen LogP contribution in [0.3, 0.4) is 0 Å². The van der Waals surface area contributed by atoms with E-state index in [4.69, 9.17) is 20.3 Å². The standard InChI is InChI=1S/C16H22N6O2/c1-21-15(11-3-2-6-24-10-11)19-14-12(22-4-7-23-8-5-22)9-13(20-17)18-16(14)21/h3,9H,2,4-8,10,17H2,1H3,(H,18,20). The van der Waals surface area contributed by atoms with Gasteiger partial charge >= 0.3 is 0 Å². The summed E-state index contributed by atoms with van der Waals surface area (Å²) >= 11 is 0. The van der Waals surface area contributed by atoms with Crippen LogP contribution in [-0.2, 0) is 16.5 Å². The van der Waals surface area contributed by atoms with E-state index in [1.54, 1.807) is 0 Å². The van der Waals surface area contributed by atoms with Gasteiger partial charge in [0.25, 0.3) is 0 Å². The molecule has 1 fully saturated rings. The number of pyridine rings is 1. The molecule has 2 aliphatic rings. The van der Waals surface area contributed by atoms with E-state index in [2.05, 4.69) is 21.4 Å². The Labute approximate surface area is 140 Å². The maximum Gasteiger partial charge on any atom is 0.164 e. The first kappa shape index (κ1) is 15.4. The lowest BCUT2D eigenvalue weighted by molar-refractivity contribution is 0.123. The Kier molecular flexibility index (Phi) is 4.09. The van der Waals surface area contributed by atoms with Crippen molar-refractivity contribution in [3.8, 4) is 0 Å². The van der Waals surface area contributed by atoms with Crippen LogP contribution in [0, 0.1) is 0 Å². The molecule has 0 amide bonds. The van der Waals surface area contributed by atoms with Gasteiger partial charge in [0, 0.05) is 31.8 Å². The van der Waals surface area contributed by atoms with E-state index < -0.39 is 0 Å². The molecule has 3 N–H and O–H groups in total. The monoisotopic (exact) mass is 330 g/mol.